The molecule has 3 aromatic rings. The summed E-state index contributed by atoms with van der Waals surface area (Å²) in [4.78, 5) is 17.5. The summed E-state index contributed by atoms with van der Waals surface area (Å²) in [7, 11) is -1.95. The highest BCUT2D eigenvalue weighted by atomic mass is 32.2. The van der Waals surface area contributed by atoms with Crippen LogP contribution in [0.15, 0.2) is 42.5 Å². The molecule has 4 rings (SSSR count). The van der Waals surface area contributed by atoms with Crippen LogP contribution >= 0.6 is 11.3 Å². The average molecular weight is 432 g/mol. The molecule has 0 spiro atoms. The van der Waals surface area contributed by atoms with Gasteiger partial charge in [0.25, 0.3) is 0 Å². The zero-order valence-electron chi connectivity index (χ0n) is 16.1. The molecule has 1 unspecified atom stereocenters. The van der Waals surface area contributed by atoms with Crippen molar-refractivity contribution in [2.75, 3.05) is 18.2 Å². The predicted molar refractivity (Wildman–Crippen MR) is 114 cm³/mol. The molecule has 29 heavy (non-hydrogen) atoms. The average Bonchev–Trinajstić information content (AvgIpc) is 3.13. The van der Waals surface area contributed by atoms with Crippen molar-refractivity contribution in [1.29, 1.82) is 0 Å². The van der Waals surface area contributed by atoms with Gasteiger partial charge in [-0.15, -0.1) is 0 Å². The molecule has 0 radical (unpaired) electrons. The number of sulfonamides is 1. The number of ether oxygens (including phenoxy) is 1. The van der Waals surface area contributed by atoms with Crippen molar-refractivity contribution in [3.63, 3.8) is 0 Å². The number of amides is 1. The Hall–Kier alpha value is -2.49. The van der Waals surface area contributed by atoms with Crippen LogP contribution in [0.2, 0.25) is 0 Å². The number of carbonyl (C=O) groups is 1. The van der Waals surface area contributed by atoms with Crippen LogP contribution in [0.5, 0.6) is 5.75 Å². The highest BCUT2D eigenvalue weighted by molar-refractivity contribution is 7.89. The second-order valence-electron chi connectivity index (χ2n) is 6.78. The number of nitrogens with zero attached hydrogens (tertiary/aromatic N) is 2. The van der Waals surface area contributed by atoms with Gasteiger partial charge in [-0.3, -0.25) is 4.79 Å². The van der Waals surface area contributed by atoms with Gasteiger partial charge in [0.15, 0.2) is 5.13 Å². The van der Waals surface area contributed by atoms with Crippen molar-refractivity contribution >= 4 is 42.6 Å². The molecule has 1 atom stereocenters. The first-order valence-corrected chi connectivity index (χ1v) is 11.7. The Morgan fingerprint density at radius 3 is 2.76 bits per heavy atom. The second-order valence-corrected chi connectivity index (χ2v) is 10.0. The maximum absolute atomic E-state index is 13.1. The van der Waals surface area contributed by atoms with Gasteiger partial charge in [0.1, 0.15) is 11.8 Å². The molecule has 1 aliphatic rings. The number of aromatic nitrogens is 1. The third-order valence-electron chi connectivity index (χ3n) is 5.06. The van der Waals surface area contributed by atoms with E-state index in [1.54, 1.807) is 20.1 Å². The Bertz CT molecular complexity index is 1170. The molecule has 1 aliphatic heterocycles. The minimum atomic E-state index is -3.55. The lowest BCUT2D eigenvalue weighted by Crippen LogP contribution is -2.51. The summed E-state index contributed by atoms with van der Waals surface area (Å²) in [5.41, 5.74) is 2.67. The number of hydrogen-bond donors (Lipinski definition) is 1. The fourth-order valence-electron chi connectivity index (χ4n) is 3.45. The molecule has 7 nitrogen and oxygen atoms in total. The van der Waals surface area contributed by atoms with E-state index in [2.05, 4.69) is 10.3 Å². The molecule has 0 saturated carbocycles. The number of fused-ring (bicyclic) bond motifs is 2. The van der Waals surface area contributed by atoms with Gasteiger partial charge in [0.05, 0.1) is 23.1 Å². The van der Waals surface area contributed by atoms with Crippen molar-refractivity contribution in [2.24, 2.45) is 0 Å². The number of nitrogens with one attached hydrogen (secondary N) is 1. The Morgan fingerprint density at radius 1 is 1.28 bits per heavy atom. The van der Waals surface area contributed by atoms with Crippen LogP contribution in [0.4, 0.5) is 5.13 Å². The van der Waals surface area contributed by atoms with E-state index in [0.29, 0.717) is 17.3 Å². The highest BCUT2D eigenvalue weighted by Gasteiger charge is 2.38. The first-order valence-electron chi connectivity index (χ1n) is 9.23. The maximum Gasteiger partial charge on any atom is 0.244 e. The van der Waals surface area contributed by atoms with Crippen LogP contribution in [0, 0.1) is 0 Å². The molecule has 152 valence electrons. The van der Waals surface area contributed by atoms with Crippen molar-refractivity contribution < 1.29 is 17.9 Å². The van der Waals surface area contributed by atoms with E-state index in [0.717, 1.165) is 21.3 Å². The number of benzene rings is 2. The topological polar surface area (TPSA) is 88.6 Å². The van der Waals surface area contributed by atoms with E-state index in [1.807, 2.05) is 36.4 Å². The van der Waals surface area contributed by atoms with E-state index >= 15 is 0 Å². The van der Waals surface area contributed by atoms with Crippen molar-refractivity contribution in [3.8, 4) is 5.75 Å². The minimum Gasteiger partial charge on any atom is -0.497 e. The molecule has 2 heterocycles. The van der Waals surface area contributed by atoms with Gasteiger partial charge >= 0.3 is 0 Å². The van der Waals surface area contributed by atoms with E-state index in [1.165, 1.54) is 15.6 Å². The summed E-state index contributed by atoms with van der Waals surface area (Å²) >= 11 is 1.33. The van der Waals surface area contributed by atoms with E-state index in [-0.39, 0.29) is 18.2 Å². The van der Waals surface area contributed by atoms with Crippen LogP contribution in [0.1, 0.15) is 18.1 Å². The maximum atomic E-state index is 13.1. The van der Waals surface area contributed by atoms with Gasteiger partial charge in [-0.05, 0) is 42.7 Å². The lowest BCUT2D eigenvalue weighted by atomic mass is 9.95. The quantitative estimate of drug-likeness (QED) is 0.671. The second kappa shape index (κ2) is 7.74. The number of methoxy groups -OCH3 is 1. The molecule has 0 saturated heterocycles. The lowest BCUT2D eigenvalue weighted by molar-refractivity contribution is -0.120. The van der Waals surface area contributed by atoms with Crippen molar-refractivity contribution in [1.82, 2.24) is 9.29 Å². The first-order chi connectivity index (χ1) is 13.9. The molecule has 0 fully saturated rings. The first kappa shape index (κ1) is 19.8. The van der Waals surface area contributed by atoms with Crippen LogP contribution in [-0.4, -0.2) is 42.5 Å². The van der Waals surface area contributed by atoms with Crippen LogP contribution in [0.3, 0.4) is 0 Å². The third-order valence-corrected chi connectivity index (χ3v) is 7.82. The summed E-state index contributed by atoms with van der Waals surface area (Å²) in [6.07, 6.45) is 0.333. The Balaban J connectivity index is 1.63. The smallest absolute Gasteiger partial charge is 0.244 e. The van der Waals surface area contributed by atoms with Crippen LogP contribution in [-0.2, 0) is 27.8 Å². The summed E-state index contributed by atoms with van der Waals surface area (Å²) in [5.74, 6) is 0.283. The zero-order chi connectivity index (χ0) is 20.6. The molecule has 0 bridgehead atoms. The van der Waals surface area contributed by atoms with Crippen molar-refractivity contribution in [3.05, 3.63) is 53.6 Å². The summed E-state index contributed by atoms with van der Waals surface area (Å²) in [6.45, 7) is 1.78. The summed E-state index contributed by atoms with van der Waals surface area (Å²) in [6, 6.07) is 12.3. The SMILES string of the molecule is CCS(=O)(=O)N1Cc2ccccc2CC1C(=O)Nc1nc2ccc(OC)cc2s1. The fraction of sp³-hybridized carbons (Fsp3) is 0.300. The van der Waals surface area contributed by atoms with Gasteiger partial charge in [-0.1, -0.05) is 35.6 Å². The molecular formula is C20H21N3O4S2. The Labute approximate surface area is 173 Å². The van der Waals surface area contributed by atoms with Gasteiger partial charge in [-0.2, -0.15) is 4.31 Å². The number of rotatable bonds is 5. The Kier molecular flexibility index (Phi) is 5.28. The molecule has 1 N–H and O–H groups in total. The van der Waals surface area contributed by atoms with E-state index < -0.39 is 16.1 Å². The largest absolute Gasteiger partial charge is 0.497 e. The molecule has 1 amide bonds. The fourth-order valence-corrected chi connectivity index (χ4v) is 5.58. The van der Waals surface area contributed by atoms with Crippen LogP contribution < -0.4 is 10.1 Å². The van der Waals surface area contributed by atoms with Gasteiger partial charge in [0.2, 0.25) is 15.9 Å². The standard InChI is InChI=1S/C20H21N3O4S2/c1-3-29(25,26)23-12-14-7-5-4-6-13(14)10-17(23)19(24)22-20-21-16-9-8-15(27-2)11-18(16)28-20/h4-9,11,17H,3,10,12H2,1-2H3,(H,21,22,24). The predicted octanol–water partition coefficient (Wildman–Crippen LogP) is 3.02. The third kappa shape index (κ3) is 3.85. The summed E-state index contributed by atoms with van der Waals surface area (Å²) in [5, 5.41) is 3.25. The van der Waals surface area contributed by atoms with Gasteiger partial charge in [-0.25, -0.2) is 13.4 Å². The lowest BCUT2D eigenvalue weighted by Gasteiger charge is -2.34. The van der Waals surface area contributed by atoms with E-state index in [4.69, 9.17) is 4.74 Å². The normalized spacial score (nSPS) is 17.1. The Morgan fingerprint density at radius 2 is 2.03 bits per heavy atom. The molecule has 2 aromatic carbocycles. The number of anilines is 1. The number of hydrogen-bond acceptors (Lipinski definition) is 6. The highest BCUT2D eigenvalue weighted by Crippen LogP contribution is 2.31. The van der Waals surface area contributed by atoms with Gasteiger partial charge < -0.3 is 10.1 Å². The van der Waals surface area contributed by atoms with Crippen LogP contribution in [0.25, 0.3) is 10.2 Å². The molecule has 9 heteroatoms. The van der Waals surface area contributed by atoms with E-state index in [9.17, 15) is 13.2 Å². The number of carbonyl (C=O) groups excluding carboxylic acids is 1. The minimum absolute atomic E-state index is 0.0557. The zero-order valence-corrected chi connectivity index (χ0v) is 17.7. The molecular weight excluding hydrogens is 410 g/mol. The molecule has 0 aliphatic carbocycles. The van der Waals surface area contributed by atoms with Gasteiger partial charge in [0, 0.05) is 6.54 Å². The number of thiazole rings is 1. The molecule has 1 aromatic heterocycles. The summed E-state index contributed by atoms with van der Waals surface area (Å²) < 4.78 is 32.7. The monoisotopic (exact) mass is 431 g/mol. The van der Waals surface area contributed by atoms with Crippen molar-refractivity contribution in [2.45, 2.75) is 25.9 Å².